The summed E-state index contributed by atoms with van der Waals surface area (Å²) in [7, 11) is 0. The van der Waals surface area contributed by atoms with E-state index in [-0.39, 0.29) is 12.0 Å². The van der Waals surface area contributed by atoms with Gasteiger partial charge in [-0.3, -0.25) is 4.79 Å². The van der Waals surface area contributed by atoms with Crippen molar-refractivity contribution in [1.82, 2.24) is 0 Å². The topological polar surface area (TPSA) is 37.3 Å². The van der Waals surface area contributed by atoms with Gasteiger partial charge in [-0.15, -0.1) is 0 Å². The third kappa shape index (κ3) is 1.99. The predicted molar refractivity (Wildman–Crippen MR) is 87.3 cm³/mol. The van der Waals surface area contributed by atoms with Crippen LogP contribution in [0.3, 0.4) is 0 Å². The number of carbonyl (C=O) groups excluding carboxylic acids is 1. The molecule has 0 aliphatic heterocycles. The van der Waals surface area contributed by atoms with E-state index in [1.165, 1.54) is 17.6 Å². The van der Waals surface area contributed by atoms with E-state index in [0.717, 1.165) is 50.9 Å². The van der Waals surface area contributed by atoms with Gasteiger partial charge in [0.05, 0.1) is 6.10 Å². The normalized spacial score (nSPS) is 44.0. The number of rotatable bonds is 1. The smallest absolute Gasteiger partial charge is 0.136 e. The van der Waals surface area contributed by atoms with Crippen LogP contribution < -0.4 is 0 Å². The third-order valence-corrected chi connectivity index (χ3v) is 7.31. The number of aliphatic hydroxyl groups excluding tert-OH is 1. The zero-order valence-electron chi connectivity index (χ0n) is 13.9. The molecule has 22 heavy (non-hydrogen) atoms. The lowest BCUT2D eigenvalue weighted by Gasteiger charge is -2.52. The van der Waals surface area contributed by atoms with Gasteiger partial charge in [0.1, 0.15) is 5.78 Å². The molecule has 0 aromatic carbocycles. The monoisotopic (exact) mass is 300 g/mol. The Balaban J connectivity index is 1.69. The summed E-state index contributed by atoms with van der Waals surface area (Å²) >= 11 is 0. The minimum atomic E-state index is -0.122. The van der Waals surface area contributed by atoms with Gasteiger partial charge in [0.2, 0.25) is 0 Å². The van der Waals surface area contributed by atoms with Crippen LogP contribution in [0, 0.1) is 23.2 Å². The number of Topliss-reactive ketones (excluding diaryl/α,β-unsaturated/α-hetero) is 1. The molecule has 0 saturated heterocycles. The van der Waals surface area contributed by atoms with E-state index < -0.39 is 0 Å². The Bertz CT molecular complexity index is 570. The summed E-state index contributed by atoms with van der Waals surface area (Å²) in [5.74, 6) is 2.03. The fraction of sp³-hybridized carbons (Fsp3) is 0.750. The second-order valence-corrected chi connectivity index (χ2v) is 8.28. The summed E-state index contributed by atoms with van der Waals surface area (Å²) in [5, 5.41) is 10.0. The Morgan fingerprint density at radius 1 is 1.23 bits per heavy atom. The lowest BCUT2D eigenvalue weighted by atomic mass is 9.53. The van der Waals surface area contributed by atoms with Gasteiger partial charge in [-0.1, -0.05) is 29.7 Å². The fourth-order valence-electron chi connectivity index (χ4n) is 6.11. The SMILES string of the molecule is CC(=O)[C@H]1CCC2=C1CC[C@H]1[C@H]2CC=C2C[C@@H](O)CC[C@@]21C. The molecule has 4 aliphatic rings. The van der Waals surface area contributed by atoms with Gasteiger partial charge in [0.25, 0.3) is 0 Å². The first-order valence-corrected chi connectivity index (χ1v) is 9.10. The van der Waals surface area contributed by atoms with Crippen molar-refractivity contribution in [2.24, 2.45) is 23.2 Å². The maximum absolute atomic E-state index is 11.9. The van der Waals surface area contributed by atoms with Crippen molar-refractivity contribution in [3.05, 3.63) is 22.8 Å². The summed E-state index contributed by atoms with van der Waals surface area (Å²) in [6.07, 6.45) is 11.1. The van der Waals surface area contributed by atoms with E-state index in [1.807, 2.05) is 0 Å². The summed E-state index contributed by atoms with van der Waals surface area (Å²) < 4.78 is 0. The molecule has 0 aromatic rings. The highest BCUT2D eigenvalue weighted by atomic mass is 16.3. The van der Waals surface area contributed by atoms with Crippen LogP contribution in [-0.4, -0.2) is 17.0 Å². The van der Waals surface area contributed by atoms with Crippen molar-refractivity contribution in [2.75, 3.05) is 0 Å². The number of hydrogen-bond donors (Lipinski definition) is 1. The Morgan fingerprint density at radius 3 is 2.77 bits per heavy atom. The zero-order chi connectivity index (χ0) is 15.5. The van der Waals surface area contributed by atoms with E-state index in [1.54, 1.807) is 12.5 Å². The van der Waals surface area contributed by atoms with Gasteiger partial charge in [0.15, 0.2) is 0 Å². The Morgan fingerprint density at radius 2 is 2.00 bits per heavy atom. The molecule has 120 valence electrons. The van der Waals surface area contributed by atoms with Crippen LogP contribution >= 0.6 is 0 Å². The van der Waals surface area contributed by atoms with Crippen LogP contribution in [0.1, 0.15) is 65.2 Å². The summed E-state index contributed by atoms with van der Waals surface area (Å²) in [6.45, 7) is 4.22. The lowest BCUT2D eigenvalue weighted by molar-refractivity contribution is -0.119. The first kappa shape index (κ1) is 14.7. The van der Waals surface area contributed by atoms with Gasteiger partial charge in [-0.05, 0) is 75.5 Å². The van der Waals surface area contributed by atoms with Crippen LogP contribution in [-0.2, 0) is 4.79 Å². The van der Waals surface area contributed by atoms with Gasteiger partial charge >= 0.3 is 0 Å². The zero-order valence-corrected chi connectivity index (χ0v) is 13.9. The quantitative estimate of drug-likeness (QED) is 0.737. The third-order valence-electron chi connectivity index (χ3n) is 7.31. The van der Waals surface area contributed by atoms with Crippen molar-refractivity contribution in [1.29, 1.82) is 0 Å². The van der Waals surface area contributed by atoms with Crippen LogP contribution in [0.25, 0.3) is 0 Å². The second-order valence-electron chi connectivity index (χ2n) is 8.28. The molecule has 0 unspecified atom stereocenters. The Hall–Kier alpha value is -0.890. The first-order chi connectivity index (χ1) is 10.5. The van der Waals surface area contributed by atoms with Crippen molar-refractivity contribution < 1.29 is 9.90 Å². The minimum Gasteiger partial charge on any atom is -0.393 e. The van der Waals surface area contributed by atoms with Crippen molar-refractivity contribution in [2.45, 2.75) is 71.3 Å². The maximum atomic E-state index is 11.9. The molecule has 1 N–H and O–H groups in total. The van der Waals surface area contributed by atoms with Crippen molar-refractivity contribution in [3.63, 3.8) is 0 Å². The van der Waals surface area contributed by atoms with E-state index in [9.17, 15) is 9.90 Å². The largest absolute Gasteiger partial charge is 0.393 e. The fourth-order valence-corrected chi connectivity index (χ4v) is 6.11. The highest BCUT2D eigenvalue weighted by Gasteiger charge is 2.50. The minimum absolute atomic E-state index is 0.122. The Labute approximate surface area is 133 Å². The molecule has 0 aromatic heterocycles. The van der Waals surface area contributed by atoms with Crippen molar-refractivity contribution >= 4 is 5.78 Å². The molecule has 0 bridgehead atoms. The number of allylic oxidation sites excluding steroid dienone is 3. The molecule has 4 rings (SSSR count). The van der Waals surface area contributed by atoms with E-state index >= 15 is 0 Å². The molecule has 5 atom stereocenters. The maximum Gasteiger partial charge on any atom is 0.136 e. The Kier molecular flexibility index (Phi) is 3.38. The lowest BCUT2D eigenvalue weighted by Crippen LogP contribution is -2.44. The van der Waals surface area contributed by atoms with Crippen molar-refractivity contribution in [3.8, 4) is 0 Å². The van der Waals surface area contributed by atoms with E-state index in [2.05, 4.69) is 13.0 Å². The molecule has 2 heteroatoms. The van der Waals surface area contributed by atoms with Crippen LogP contribution in [0.4, 0.5) is 0 Å². The molecule has 2 nitrogen and oxygen atoms in total. The summed E-state index contributed by atoms with van der Waals surface area (Å²) in [6, 6.07) is 0. The van der Waals surface area contributed by atoms with E-state index in [4.69, 9.17) is 0 Å². The van der Waals surface area contributed by atoms with Gasteiger partial charge in [-0.2, -0.15) is 0 Å². The molecule has 0 radical (unpaired) electrons. The highest BCUT2D eigenvalue weighted by Crippen LogP contribution is 2.60. The molecule has 0 spiro atoms. The molecule has 4 aliphatic carbocycles. The summed E-state index contributed by atoms with van der Waals surface area (Å²) in [4.78, 5) is 11.9. The number of aliphatic hydroxyl groups is 1. The molecule has 0 heterocycles. The number of fused-ring (bicyclic) bond motifs is 4. The highest BCUT2D eigenvalue weighted by molar-refractivity contribution is 5.82. The molecule has 1 saturated carbocycles. The number of ketones is 1. The average Bonchev–Trinajstić information content (AvgIpc) is 2.92. The van der Waals surface area contributed by atoms with Crippen LogP contribution in [0.5, 0.6) is 0 Å². The number of hydrogen-bond acceptors (Lipinski definition) is 2. The standard InChI is InChI=1S/C20H28O2/c1-12(21)15-5-6-17-16(15)7-8-19-18(17)4-3-13-11-14(22)9-10-20(13,19)2/h3,14-15,18-19,22H,4-11H2,1-2H3/t14-,15+,18-,19-,20-/m0/s1. The van der Waals surface area contributed by atoms with Gasteiger partial charge < -0.3 is 5.11 Å². The van der Waals surface area contributed by atoms with Gasteiger partial charge in [-0.25, -0.2) is 0 Å². The van der Waals surface area contributed by atoms with Gasteiger partial charge in [0, 0.05) is 5.92 Å². The average molecular weight is 300 g/mol. The predicted octanol–water partition coefficient (Wildman–Crippen LogP) is 4.19. The van der Waals surface area contributed by atoms with Crippen LogP contribution in [0.15, 0.2) is 22.8 Å². The number of carbonyl (C=O) groups is 1. The molecular formula is C20H28O2. The van der Waals surface area contributed by atoms with E-state index in [0.29, 0.717) is 17.1 Å². The molecule has 0 amide bonds. The molecule has 1 fully saturated rings. The first-order valence-electron chi connectivity index (χ1n) is 9.10. The second kappa shape index (κ2) is 5.06. The summed E-state index contributed by atoms with van der Waals surface area (Å²) in [5.41, 5.74) is 5.00. The molecular weight excluding hydrogens is 272 g/mol. The van der Waals surface area contributed by atoms with Crippen LogP contribution in [0.2, 0.25) is 0 Å².